The van der Waals surface area contributed by atoms with Gasteiger partial charge in [0.2, 0.25) is 0 Å². The molecule has 0 bridgehead atoms. The summed E-state index contributed by atoms with van der Waals surface area (Å²) in [5.74, 6) is -1.90. The van der Waals surface area contributed by atoms with Crippen molar-refractivity contribution in [3.63, 3.8) is 0 Å². The largest absolute Gasteiger partial charge is 0.480 e. The van der Waals surface area contributed by atoms with Gasteiger partial charge in [0.05, 0.1) is 0 Å². The van der Waals surface area contributed by atoms with Crippen LogP contribution in [-0.2, 0) is 25.7 Å². The van der Waals surface area contributed by atoms with Crippen LogP contribution in [0.4, 0.5) is 4.79 Å². The molecule has 0 unspecified atom stereocenters. The van der Waals surface area contributed by atoms with Crippen LogP contribution in [0.25, 0.3) is 0 Å². The van der Waals surface area contributed by atoms with E-state index in [2.05, 4.69) is 5.32 Å². The van der Waals surface area contributed by atoms with Gasteiger partial charge in [0.1, 0.15) is 12.7 Å². The second-order valence-electron chi connectivity index (χ2n) is 9.59. The SMILES string of the molecule is C1CCC(NC2CCCCC2)CC1.CC(=O)O[C@H](C)[C@@H](C(=O)O)N(C)C(=O)OCc1ccccc1. The van der Waals surface area contributed by atoms with Crippen LogP contribution in [-0.4, -0.2) is 59.3 Å². The summed E-state index contributed by atoms with van der Waals surface area (Å²) in [5.41, 5.74) is 0.782. The van der Waals surface area contributed by atoms with Crippen LogP contribution in [0.2, 0.25) is 0 Å². The monoisotopic (exact) mass is 490 g/mol. The Balaban J connectivity index is 0.000000279. The average Bonchev–Trinajstić information content (AvgIpc) is 2.84. The second kappa shape index (κ2) is 15.4. The number of carboxylic acids is 1. The molecule has 0 saturated heterocycles. The fraction of sp³-hybridized carbons (Fsp3) is 0.667. The zero-order chi connectivity index (χ0) is 25.6. The fourth-order valence-electron chi connectivity index (χ4n) is 4.81. The minimum absolute atomic E-state index is 0.0261. The van der Waals surface area contributed by atoms with Crippen molar-refractivity contribution in [3.8, 4) is 0 Å². The number of nitrogens with zero attached hydrogens (tertiary/aromatic N) is 1. The summed E-state index contributed by atoms with van der Waals surface area (Å²) in [6.07, 6.45) is 12.8. The van der Waals surface area contributed by atoms with E-state index in [1.54, 1.807) is 24.3 Å². The van der Waals surface area contributed by atoms with E-state index in [1.807, 2.05) is 6.07 Å². The van der Waals surface area contributed by atoms with E-state index in [0.717, 1.165) is 22.5 Å². The van der Waals surface area contributed by atoms with Crippen LogP contribution in [0.1, 0.15) is 83.6 Å². The van der Waals surface area contributed by atoms with E-state index < -0.39 is 30.2 Å². The van der Waals surface area contributed by atoms with Gasteiger partial charge >= 0.3 is 18.0 Å². The number of hydrogen-bond acceptors (Lipinski definition) is 6. The van der Waals surface area contributed by atoms with Crippen molar-refractivity contribution in [1.29, 1.82) is 0 Å². The molecule has 8 nitrogen and oxygen atoms in total. The van der Waals surface area contributed by atoms with E-state index >= 15 is 0 Å². The Morgan fingerprint density at radius 2 is 1.49 bits per heavy atom. The van der Waals surface area contributed by atoms with Crippen LogP contribution in [0, 0.1) is 0 Å². The third kappa shape index (κ3) is 10.7. The van der Waals surface area contributed by atoms with Gasteiger partial charge in [-0.05, 0) is 38.2 Å². The smallest absolute Gasteiger partial charge is 0.410 e. The number of likely N-dealkylation sites (N-methyl/N-ethyl adjacent to an activating group) is 1. The first-order chi connectivity index (χ1) is 16.8. The zero-order valence-electron chi connectivity index (χ0n) is 21.4. The lowest BCUT2D eigenvalue weighted by molar-refractivity contribution is -0.156. The molecule has 2 saturated carbocycles. The number of rotatable bonds is 8. The van der Waals surface area contributed by atoms with Gasteiger partial charge in [0, 0.05) is 26.1 Å². The van der Waals surface area contributed by atoms with Crippen LogP contribution in [0.15, 0.2) is 30.3 Å². The summed E-state index contributed by atoms with van der Waals surface area (Å²) in [7, 11) is 1.28. The molecule has 0 heterocycles. The molecule has 35 heavy (non-hydrogen) atoms. The number of carbonyl (C=O) groups excluding carboxylic acids is 2. The highest BCUT2D eigenvalue weighted by Gasteiger charge is 2.34. The first-order valence-corrected chi connectivity index (χ1v) is 12.9. The molecular weight excluding hydrogens is 448 g/mol. The Labute approximate surface area is 209 Å². The van der Waals surface area contributed by atoms with E-state index in [4.69, 9.17) is 9.47 Å². The Morgan fingerprint density at radius 3 is 1.94 bits per heavy atom. The van der Waals surface area contributed by atoms with Crippen molar-refractivity contribution in [2.24, 2.45) is 0 Å². The number of carbonyl (C=O) groups is 3. The third-order valence-electron chi connectivity index (χ3n) is 6.64. The lowest BCUT2D eigenvalue weighted by Gasteiger charge is -2.30. The number of amides is 1. The maximum absolute atomic E-state index is 12.0. The highest BCUT2D eigenvalue weighted by atomic mass is 16.6. The molecule has 0 spiro atoms. The Morgan fingerprint density at radius 1 is 0.971 bits per heavy atom. The van der Waals surface area contributed by atoms with Gasteiger partial charge in [-0.2, -0.15) is 0 Å². The lowest BCUT2D eigenvalue weighted by Crippen LogP contribution is -2.50. The van der Waals surface area contributed by atoms with Crippen molar-refractivity contribution in [1.82, 2.24) is 10.2 Å². The predicted molar refractivity (Wildman–Crippen MR) is 134 cm³/mol. The molecule has 2 atom stereocenters. The molecule has 0 radical (unpaired) electrons. The number of nitrogens with one attached hydrogen (secondary N) is 1. The van der Waals surface area contributed by atoms with Crippen molar-refractivity contribution in [2.45, 2.75) is 109 Å². The van der Waals surface area contributed by atoms with Crippen LogP contribution in [0.5, 0.6) is 0 Å². The summed E-state index contributed by atoms with van der Waals surface area (Å²) in [5, 5.41) is 13.1. The predicted octanol–water partition coefficient (Wildman–Crippen LogP) is 4.90. The Bertz CT molecular complexity index is 759. The van der Waals surface area contributed by atoms with E-state index in [1.165, 1.54) is 85.1 Å². The number of carboxylic acid groups (broad SMARTS) is 1. The number of ether oxygens (including phenoxy) is 2. The van der Waals surface area contributed by atoms with Gasteiger partial charge in [-0.1, -0.05) is 68.9 Å². The fourth-order valence-corrected chi connectivity index (χ4v) is 4.81. The summed E-state index contributed by atoms with van der Waals surface area (Å²) >= 11 is 0. The summed E-state index contributed by atoms with van der Waals surface area (Å²) in [6, 6.07) is 9.41. The molecule has 1 aromatic rings. The van der Waals surface area contributed by atoms with Crippen LogP contribution < -0.4 is 5.32 Å². The van der Waals surface area contributed by atoms with Gasteiger partial charge in [-0.25, -0.2) is 9.59 Å². The number of aliphatic carboxylic acids is 1. The first kappa shape index (κ1) is 28.6. The molecule has 3 rings (SSSR count). The zero-order valence-corrected chi connectivity index (χ0v) is 21.4. The Hall–Kier alpha value is -2.61. The van der Waals surface area contributed by atoms with Gasteiger partial charge in [-0.15, -0.1) is 0 Å². The molecule has 1 amide bonds. The summed E-state index contributed by atoms with van der Waals surface area (Å²) in [6.45, 7) is 2.60. The van der Waals surface area contributed by atoms with Gasteiger partial charge in [0.25, 0.3) is 0 Å². The van der Waals surface area contributed by atoms with Crippen molar-refractivity contribution < 1.29 is 29.0 Å². The first-order valence-electron chi connectivity index (χ1n) is 12.9. The van der Waals surface area contributed by atoms with E-state index in [0.29, 0.717) is 0 Å². The molecule has 2 aliphatic rings. The van der Waals surface area contributed by atoms with Crippen LogP contribution in [0.3, 0.4) is 0 Å². The highest BCUT2D eigenvalue weighted by molar-refractivity contribution is 5.81. The highest BCUT2D eigenvalue weighted by Crippen LogP contribution is 2.22. The third-order valence-corrected chi connectivity index (χ3v) is 6.64. The Kier molecular flexibility index (Phi) is 12.6. The lowest BCUT2D eigenvalue weighted by atomic mass is 9.91. The van der Waals surface area contributed by atoms with Gasteiger partial charge in [-0.3, -0.25) is 9.69 Å². The minimum Gasteiger partial charge on any atom is -0.480 e. The van der Waals surface area contributed by atoms with Crippen molar-refractivity contribution in [2.75, 3.05) is 7.05 Å². The molecule has 0 aliphatic heterocycles. The molecule has 2 N–H and O–H groups in total. The standard InChI is InChI=1S/C15H19NO6.C12H23N/c1-10(22-11(2)17)13(14(18)19)16(3)15(20)21-9-12-7-5-4-6-8-12;1-3-7-11(8-4-1)13-12-9-5-2-6-10-12/h4-8,10,13H,9H2,1-3H3,(H,18,19);11-13H,1-10H2/t10-,13+;/m1./s1. The number of benzene rings is 1. The summed E-state index contributed by atoms with van der Waals surface area (Å²) in [4.78, 5) is 35.1. The molecule has 8 heteroatoms. The minimum atomic E-state index is -1.33. The second-order valence-corrected chi connectivity index (χ2v) is 9.59. The molecule has 1 aromatic carbocycles. The normalized spacial score (nSPS) is 18.4. The molecular formula is C27H42N2O6. The number of esters is 1. The molecule has 2 fully saturated rings. The molecule has 0 aromatic heterocycles. The molecule has 196 valence electrons. The van der Waals surface area contributed by atoms with Crippen molar-refractivity contribution in [3.05, 3.63) is 35.9 Å². The topological polar surface area (TPSA) is 105 Å². The quantitative estimate of drug-likeness (QED) is 0.499. The van der Waals surface area contributed by atoms with Gasteiger partial charge < -0.3 is 19.9 Å². The summed E-state index contributed by atoms with van der Waals surface area (Å²) < 4.78 is 9.90. The molecule has 2 aliphatic carbocycles. The van der Waals surface area contributed by atoms with Crippen molar-refractivity contribution >= 4 is 18.0 Å². The van der Waals surface area contributed by atoms with E-state index in [-0.39, 0.29) is 6.61 Å². The van der Waals surface area contributed by atoms with E-state index in [9.17, 15) is 19.5 Å². The maximum atomic E-state index is 12.0. The van der Waals surface area contributed by atoms with Crippen LogP contribution >= 0.6 is 0 Å². The number of hydrogen-bond donors (Lipinski definition) is 2. The van der Waals surface area contributed by atoms with Gasteiger partial charge in [0.15, 0.2) is 6.04 Å². The maximum Gasteiger partial charge on any atom is 0.410 e. The average molecular weight is 491 g/mol.